The van der Waals surface area contributed by atoms with E-state index in [0.717, 1.165) is 10.5 Å². The van der Waals surface area contributed by atoms with Gasteiger partial charge in [-0.3, -0.25) is 14.0 Å². The molecule has 35 heavy (non-hydrogen) atoms. The average molecular weight is 480 g/mol. The molecule has 0 aliphatic carbocycles. The Morgan fingerprint density at radius 3 is 2.89 bits per heavy atom. The first-order valence-electron chi connectivity index (χ1n) is 11.1. The van der Waals surface area contributed by atoms with Gasteiger partial charge in [-0.2, -0.15) is 4.98 Å². The minimum absolute atomic E-state index is 0.00617. The van der Waals surface area contributed by atoms with E-state index in [2.05, 4.69) is 20.4 Å². The Hall–Kier alpha value is -4.15. The van der Waals surface area contributed by atoms with Crippen LogP contribution in [0.2, 0.25) is 0 Å². The topological polar surface area (TPSA) is 106 Å². The van der Waals surface area contributed by atoms with Crippen LogP contribution in [0, 0.1) is 6.92 Å². The number of aryl methyl sites for hydroxylation is 2. The largest absolute Gasteiger partial charge is 0.339 e. The van der Waals surface area contributed by atoms with Crippen LogP contribution in [-0.4, -0.2) is 55.3 Å². The van der Waals surface area contributed by atoms with E-state index in [9.17, 15) is 18.4 Å². The Morgan fingerprint density at radius 2 is 2.09 bits per heavy atom. The standard InChI is InChI=1S/C24H22F2N6O3/c1-15-5-6-16(12-17(15)28-23(34)18-13-27-19-4-2-3-10-32(18)19)22-29-20(35-30-22)7-8-21(33)31-11-9-24(25,26)14-31/h2-6,10,12-13H,7-9,11,14H2,1H3,(H,28,34). The summed E-state index contributed by atoms with van der Waals surface area (Å²) in [4.78, 5) is 34.8. The fourth-order valence-corrected chi connectivity index (χ4v) is 3.98. The summed E-state index contributed by atoms with van der Waals surface area (Å²) in [7, 11) is 0. The normalized spacial score (nSPS) is 15.0. The highest BCUT2D eigenvalue weighted by atomic mass is 19.3. The van der Waals surface area contributed by atoms with E-state index in [1.54, 1.807) is 22.7 Å². The van der Waals surface area contributed by atoms with Gasteiger partial charge in [0.1, 0.15) is 11.3 Å². The highest BCUT2D eigenvalue weighted by Crippen LogP contribution is 2.28. The number of rotatable bonds is 6. The van der Waals surface area contributed by atoms with E-state index in [-0.39, 0.29) is 43.5 Å². The number of halogens is 2. The van der Waals surface area contributed by atoms with Crippen molar-refractivity contribution in [3.63, 3.8) is 0 Å². The first kappa shape index (κ1) is 22.6. The minimum Gasteiger partial charge on any atom is -0.339 e. The Kier molecular flexibility index (Phi) is 5.75. The van der Waals surface area contributed by atoms with Crippen LogP contribution in [0.4, 0.5) is 14.5 Å². The molecule has 1 fully saturated rings. The molecule has 3 aromatic heterocycles. The quantitative estimate of drug-likeness (QED) is 0.451. The van der Waals surface area contributed by atoms with Crippen LogP contribution >= 0.6 is 0 Å². The lowest BCUT2D eigenvalue weighted by Gasteiger charge is -2.15. The van der Waals surface area contributed by atoms with Crippen molar-refractivity contribution in [2.45, 2.75) is 32.1 Å². The number of hydrogen-bond acceptors (Lipinski definition) is 6. The summed E-state index contributed by atoms with van der Waals surface area (Å²) in [6.45, 7) is 1.37. The summed E-state index contributed by atoms with van der Waals surface area (Å²) >= 11 is 0. The van der Waals surface area contributed by atoms with Gasteiger partial charge in [-0.05, 0) is 30.7 Å². The number of fused-ring (bicyclic) bond motifs is 1. The van der Waals surface area contributed by atoms with Crippen molar-refractivity contribution >= 4 is 23.1 Å². The molecule has 0 atom stereocenters. The summed E-state index contributed by atoms with van der Waals surface area (Å²) in [5.41, 5.74) is 3.10. The van der Waals surface area contributed by atoms with E-state index < -0.39 is 12.5 Å². The van der Waals surface area contributed by atoms with E-state index in [0.29, 0.717) is 28.4 Å². The highest BCUT2D eigenvalue weighted by Gasteiger charge is 2.40. The van der Waals surface area contributed by atoms with E-state index >= 15 is 0 Å². The fourth-order valence-electron chi connectivity index (χ4n) is 3.98. The summed E-state index contributed by atoms with van der Waals surface area (Å²) in [6, 6.07) is 10.8. The van der Waals surface area contributed by atoms with Gasteiger partial charge in [0.25, 0.3) is 11.8 Å². The molecule has 1 saturated heterocycles. The Labute approximate surface area is 198 Å². The minimum atomic E-state index is -2.82. The van der Waals surface area contributed by atoms with Gasteiger partial charge in [0.2, 0.25) is 17.6 Å². The number of imidazole rings is 1. The SMILES string of the molecule is Cc1ccc(-c2noc(CCC(=O)N3CCC(F)(F)C3)n2)cc1NC(=O)c1cnc2ccccn12. The number of hydrogen-bond donors (Lipinski definition) is 1. The number of benzene rings is 1. The van der Waals surface area contributed by atoms with Crippen LogP contribution in [0.1, 0.15) is 34.8 Å². The number of pyridine rings is 1. The second-order valence-electron chi connectivity index (χ2n) is 8.49. The molecule has 1 aromatic carbocycles. The van der Waals surface area contributed by atoms with Gasteiger partial charge in [0.05, 0.1) is 12.7 Å². The van der Waals surface area contributed by atoms with Crippen molar-refractivity contribution < 1.29 is 22.9 Å². The molecular formula is C24H22F2N6O3. The number of aromatic nitrogens is 4. The van der Waals surface area contributed by atoms with Crippen LogP contribution < -0.4 is 5.32 Å². The van der Waals surface area contributed by atoms with Crippen molar-refractivity contribution in [2.75, 3.05) is 18.4 Å². The van der Waals surface area contributed by atoms with E-state index in [4.69, 9.17) is 4.52 Å². The molecule has 0 unspecified atom stereocenters. The number of likely N-dealkylation sites (tertiary alicyclic amines) is 1. The third kappa shape index (κ3) is 4.75. The van der Waals surface area contributed by atoms with Gasteiger partial charge in [0, 0.05) is 43.3 Å². The number of carbonyl (C=O) groups is 2. The van der Waals surface area contributed by atoms with Crippen molar-refractivity contribution in [1.82, 2.24) is 24.4 Å². The predicted molar refractivity (Wildman–Crippen MR) is 122 cm³/mol. The number of anilines is 1. The molecule has 9 nitrogen and oxygen atoms in total. The summed E-state index contributed by atoms with van der Waals surface area (Å²) < 4.78 is 33.6. The number of amides is 2. The average Bonchev–Trinajstić information content (AvgIpc) is 3.57. The fraction of sp³-hybridized carbons (Fsp3) is 0.292. The van der Waals surface area contributed by atoms with Gasteiger partial charge in [-0.15, -0.1) is 0 Å². The molecule has 11 heteroatoms. The Balaban J connectivity index is 1.27. The van der Waals surface area contributed by atoms with Gasteiger partial charge in [0.15, 0.2) is 0 Å². The smallest absolute Gasteiger partial charge is 0.274 e. The van der Waals surface area contributed by atoms with Gasteiger partial charge >= 0.3 is 0 Å². The highest BCUT2D eigenvalue weighted by molar-refractivity contribution is 6.04. The van der Waals surface area contributed by atoms with Crippen LogP contribution in [0.15, 0.2) is 53.3 Å². The van der Waals surface area contributed by atoms with Crippen LogP contribution in [0.25, 0.3) is 17.0 Å². The van der Waals surface area contributed by atoms with Crippen LogP contribution in [0.3, 0.4) is 0 Å². The third-order valence-electron chi connectivity index (χ3n) is 5.94. The zero-order valence-electron chi connectivity index (χ0n) is 18.9. The second-order valence-corrected chi connectivity index (χ2v) is 8.49. The lowest BCUT2D eigenvalue weighted by atomic mass is 10.1. The third-order valence-corrected chi connectivity index (χ3v) is 5.94. The molecule has 180 valence electrons. The molecule has 0 radical (unpaired) electrons. The first-order valence-corrected chi connectivity index (χ1v) is 11.1. The number of carbonyl (C=O) groups excluding carboxylic acids is 2. The summed E-state index contributed by atoms with van der Waals surface area (Å²) in [5, 5.41) is 6.87. The molecule has 4 heterocycles. The van der Waals surface area contributed by atoms with Crippen LogP contribution in [0.5, 0.6) is 0 Å². The lowest BCUT2D eigenvalue weighted by molar-refractivity contribution is -0.131. The molecule has 0 spiro atoms. The Morgan fingerprint density at radius 1 is 1.23 bits per heavy atom. The lowest BCUT2D eigenvalue weighted by Crippen LogP contribution is -2.31. The van der Waals surface area contributed by atoms with Crippen molar-refractivity contribution in [1.29, 1.82) is 0 Å². The maximum atomic E-state index is 13.3. The van der Waals surface area contributed by atoms with Gasteiger partial charge in [-0.1, -0.05) is 23.4 Å². The summed E-state index contributed by atoms with van der Waals surface area (Å²) in [5.74, 6) is -2.98. The molecule has 5 rings (SSSR count). The molecule has 0 bridgehead atoms. The van der Waals surface area contributed by atoms with Crippen molar-refractivity contribution in [2.24, 2.45) is 0 Å². The molecular weight excluding hydrogens is 458 g/mol. The van der Waals surface area contributed by atoms with Crippen molar-refractivity contribution in [3.05, 3.63) is 65.9 Å². The molecule has 4 aromatic rings. The zero-order chi connectivity index (χ0) is 24.6. The Bertz CT molecular complexity index is 1410. The first-order chi connectivity index (χ1) is 16.8. The monoisotopic (exact) mass is 480 g/mol. The van der Waals surface area contributed by atoms with Crippen LogP contribution in [-0.2, 0) is 11.2 Å². The van der Waals surface area contributed by atoms with Gasteiger partial charge < -0.3 is 14.7 Å². The molecule has 1 aliphatic rings. The zero-order valence-corrected chi connectivity index (χ0v) is 18.9. The van der Waals surface area contributed by atoms with E-state index in [1.807, 2.05) is 31.2 Å². The maximum Gasteiger partial charge on any atom is 0.274 e. The van der Waals surface area contributed by atoms with Crippen molar-refractivity contribution in [3.8, 4) is 11.4 Å². The number of nitrogens with one attached hydrogen (secondary N) is 1. The molecule has 1 N–H and O–H groups in total. The number of nitrogens with zero attached hydrogens (tertiary/aromatic N) is 5. The van der Waals surface area contributed by atoms with Gasteiger partial charge in [-0.25, -0.2) is 13.8 Å². The molecule has 2 amide bonds. The number of alkyl halides is 2. The van der Waals surface area contributed by atoms with E-state index in [1.165, 1.54) is 6.20 Å². The predicted octanol–water partition coefficient (Wildman–Crippen LogP) is 3.75. The molecule has 1 aliphatic heterocycles. The second kappa shape index (κ2) is 8.90. The maximum absolute atomic E-state index is 13.3. The molecule has 0 saturated carbocycles. The summed E-state index contributed by atoms with van der Waals surface area (Å²) in [6.07, 6.45) is 3.12.